The Bertz CT molecular complexity index is 2390. The predicted octanol–water partition coefficient (Wildman–Crippen LogP) is 2.50. The number of nitrogens with two attached hydrogens (primary N) is 2. The minimum atomic E-state index is -1.10. The van der Waals surface area contributed by atoms with Crippen LogP contribution >= 0.6 is 0 Å². The summed E-state index contributed by atoms with van der Waals surface area (Å²) in [5, 5.41) is 23.6. The fourth-order valence-electron chi connectivity index (χ4n) is 11.8. The molecule has 22 nitrogen and oxygen atoms in total. The zero-order chi connectivity index (χ0) is 63.0. The van der Waals surface area contributed by atoms with E-state index in [9.17, 15) is 47.9 Å². The van der Waals surface area contributed by atoms with Crippen molar-refractivity contribution in [3.63, 3.8) is 0 Å². The lowest BCUT2D eigenvalue weighted by atomic mass is 9.93. The second-order valence-electron chi connectivity index (χ2n) is 25.3. The van der Waals surface area contributed by atoms with Gasteiger partial charge in [0.2, 0.25) is 59.1 Å². The number of carbonyl (C=O) groups is 10. The van der Waals surface area contributed by atoms with E-state index in [1.165, 1.54) is 9.80 Å². The molecular weight excluding hydrogens is 1100 g/mol. The zero-order valence-corrected chi connectivity index (χ0v) is 52.1. The molecule has 0 spiro atoms. The fourth-order valence-corrected chi connectivity index (χ4v) is 11.8. The molecule has 3 heterocycles. The lowest BCUT2D eigenvalue weighted by Crippen LogP contribution is -2.57. The summed E-state index contributed by atoms with van der Waals surface area (Å²) >= 11 is 0. The monoisotopic (exact) mass is 1200 g/mol. The Labute approximate surface area is 509 Å². The van der Waals surface area contributed by atoms with Crippen molar-refractivity contribution in [1.82, 2.24) is 52.3 Å². The molecule has 5 rings (SSSR count). The molecule has 10 atom stereocenters. The topological polar surface area (TPSA) is 325 Å². The highest BCUT2D eigenvalue weighted by molar-refractivity contribution is 5.95. The Kier molecular flexibility index (Phi) is 28.4. The lowest BCUT2D eigenvalue weighted by Gasteiger charge is -2.31. The summed E-state index contributed by atoms with van der Waals surface area (Å²) in [5.74, 6) is -7.19. The van der Waals surface area contributed by atoms with Crippen LogP contribution in [0.25, 0.3) is 0 Å². The summed E-state index contributed by atoms with van der Waals surface area (Å²) in [6.45, 7) is 15.8. The molecule has 0 aromatic heterocycles. The van der Waals surface area contributed by atoms with Crippen LogP contribution in [0.3, 0.4) is 0 Å². The molecule has 0 bridgehead atoms. The van der Waals surface area contributed by atoms with Crippen LogP contribution in [0.1, 0.15) is 144 Å². The van der Waals surface area contributed by atoms with Crippen LogP contribution in [0.15, 0.2) is 60.7 Å². The molecular formula is C64H100N12O10. The first-order chi connectivity index (χ1) is 41.0. The van der Waals surface area contributed by atoms with Gasteiger partial charge >= 0.3 is 0 Å². The van der Waals surface area contributed by atoms with Gasteiger partial charge in [0, 0.05) is 63.9 Å². The third-order valence-corrected chi connectivity index (χ3v) is 16.5. The van der Waals surface area contributed by atoms with Crippen LogP contribution in [0.2, 0.25) is 0 Å². The van der Waals surface area contributed by atoms with E-state index in [2.05, 4.69) is 42.5 Å². The van der Waals surface area contributed by atoms with Gasteiger partial charge in [0.25, 0.3) is 0 Å². The molecule has 2 aromatic rings. The maximum Gasteiger partial charge on any atom is 0.246 e. The quantitative estimate of drug-likeness (QED) is 0.116. The molecule has 476 valence electrons. The first-order valence-corrected chi connectivity index (χ1v) is 31.4. The highest BCUT2D eigenvalue weighted by Crippen LogP contribution is 2.24. The van der Waals surface area contributed by atoms with Gasteiger partial charge in [-0.3, -0.25) is 47.9 Å². The average molecular weight is 1200 g/mol. The molecule has 10 amide bonds. The van der Waals surface area contributed by atoms with E-state index >= 15 is 0 Å². The molecule has 3 aliphatic heterocycles. The van der Waals surface area contributed by atoms with Crippen LogP contribution < -0.4 is 54.0 Å². The smallest absolute Gasteiger partial charge is 0.246 e. The van der Waals surface area contributed by atoms with Gasteiger partial charge < -0.3 is 63.8 Å². The molecule has 0 aliphatic carbocycles. The standard InChI is InChI=1S/C64H100N12O10/c1-39(2)31-45-35-55(77)71-51(33-43-19-11-9-12-20-43)63(85)75-29-17-25-53(75)61(83)68-38-48(42(7)8)58(80)74-50(24-16-28-66)60(82)70-46(32-40(3)4)36-56(78)72-52(34-44-21-13-10-14-22-44)64(86)76-30-18-26-54(76)62(84)67-37-47(41(5)6)57(79)73-49(23-15-27-65)59(81)69-45/h9-14,19-22,39-42,45-54H,15-18,23-38,65-66H2,1-8H3,(H,67,84)(H,68,83)(H,69,81)(H,70,82)(H,71,77)(H,72,78)(H,73,79)(H,74,80)/t45-,46-,47+,48+,49+,50+,51-,52-,53+,54+/m1/s1. The van der Waals surface area contributed by atoms with Crippen molar-refractivity contribution in [2.45, 2.75) is 194 Å². The second-order valence-corrected chi connectivity index (χ2v) is 25.3. The first-order valence-electron chi connectivity index (χ1n) is 31.4. The Morgan fingerprint density at radius 2 is 0.814 bits per heavy atom. The number of rotatable bonds is 16. The molecule has 0 unspecified atom stereocenters. The highest BCUT2D eigenvalue weighted by Gasteiger charge is 2.41. The highest BCUT2D eigenvalue weighted by atomic mass is 16.2. The third-order valence-electron chi connectivity index (χ3n) is 16.5. The summed E-state index contributed by atoms with van der Waals surface area (Å²) in [5.41, 5.74) is 13.4. The Morgan fingerprint density at radius 3 is 1.14 bits per heavy atom. The maximum absolute atomic E-state index is 14.8. The normalized spacial score (nSPS) is 26.4. The van der Waals surface area contributed by atoms with Crippen molar-refractivity contribution in [3.05, 3.63) is 71.8 Å². The van der Waals surface area contributed by atoms with Gasteiger partial charge in [-0.1, -0.05) is 116 Å². The minimum Gasteiger partial charge on any atom is -0.353 e. The van der Waals surface area contributed by atoms with Gasteiger partial charge in [-0.05, 0) is 112 Å². The van der Waals surface area contributed by atoms with Crippen molar-refractivity contribution in [2.75, 3.05) is 39.3 Å². The van der Waals surface area contributed by atoms with Crippen LogP contribution in [-0.2, 0) is 60.8 Å². The second kappa shape index (κ2) is 35.0. The molecule has 86 heavy (non-hydrogen) atoms. The van der Waals surface area contributed by atoms with E-state index in [-0.39, 0.29) is 101 Å². The molecule has 3 aliphatic rings. The van der Waals surface area contributed by atoms with E-state index in [0.717, 1.165) is 11.1 Å². The molecule has 3 fully saturated rings. The van der Waals surface area contributed by atoms with Crippen LogP contribution in [0.5, 0.6) is 0 Å². The number of hydrogen-bond acceptors (Lipinski definition) is 12. The maximum atomic E-state index is 14.8. The minimum absolute atomic E-state index is 0.0101. The number of amides is 10. The number of fused-ring (bicyclic) bond motifs is 2. The molecule has 22 heteroatoms. The molecule has 0 saturated carbocycles. The summed E-state index contributed by atoms with van der Waals surface area (Å²) in [4.78, 5) is 147. The predicted molar refractivity (Wildman–Crippen MR) is 329 cm³/mol. The number of benzene rings is 2. The van der Waals surface area contributed by atoms with Crippen molar-refractivity contribution in [1.29, 1.82) is 0 Å². The van der Waals surface area contributed by atoms with Gasteiger partial charge in [-0.15, -0.1) is 0 Å². The van der Waals surface area contributed by atoms with Crippen molar-refractivity contribution in [3.8, 4) is 0 Å². The van der Waals surface area contributed by atoms with Gasteiger partial charge in [-0.25, -0.2) is 0 Å². The van der Waals surface area contributed by atoms with Gasteiger partial charge in [0.15, 0.2) is 0 Å². The summed E-state index contributed by atoms with van der Waals surface area (Å²) in [6, 6.07) is 10.7. The Hall–Kier alpha value is -6.94. The average Bonchev–Trinajstić information content (AvgIpc) is 2.83. The summed E-state index contributed by atoms with van der Waals surface area (Å²) in [6.07, 6.45) is 3.32. The van der Waals surface area contributed by atoms with Gasteiger partial charge in [0.05, 0.1) is 11.8 Å². The molecule has 2 aromatic carbocycles. The third kappa shape index (κ3) is 21.8. The van der Waals surface area contributed by atoms with Crippen molar-refractivity contribution >= 4 is 59.1 Å². The van der Waals surface area contributed by atoms with Gasteiger partial charge in [0.1, 0.15) is 36.3 Å². The number of carbonyl (C=O) groups excluding carboxylic acids is 10. The van der Waals surface area contributed by atoms with Crippen molar-refractivity contribution in [2.24, 2.45) is 47.0 Å². The van der Waals surface area contributed by atoms with Crippen LogP contribution in [0.4, 0.5) is 0 Å². The first kappa shape index (κ1) is 69.8. The summed E-state index contributed by atoms with van der Waals surface area (Å²) < 4.78 is 0. The Morgan fingerprint density at radius 1 is 0.453 bits per heavy atom. The SMILES string of the molecule is CC(C)C[C@@H]1CC(=O)N[C@H](Cc2ccccc2)C(=O)N2CCC[C@H]2C(=O)NC[C@@H](C(C)C)C(=O)N[C@@H](CCCN)C(=O)N[C@H](CC(C)C)CC(=O)N[C@H](Cc2ccccc2)C(=O)N2CCC[C@H]2C(=O)NC[C@@H](C(C)C)C(=O)N[C@@H](CCCN)C(=O)N1. The number of nitrogens with zero attached hydrogens (tertiary/aromatic N) is 2. The van der Waals surface area contributed by atoms with Crippen LogP contribution in [-0.4, -0.2) is 156 Å². The Balaban J connectivity index is 1.51. The summed E-state index contributed by atoms with van der Waals surface area (Å²) in [7, 11) is 0. The van der Waals surface area contributed by atoms with E-state index in [0.29, 0.717) is 51.4 Å². The van der Waals surface area contributed by atoms with Gasteiger partial charge in [-0.2, -0.15) is 0 Å². The number of hydrogen-bond donors (Lipinski definition) is 10. The largest absolute Gasteiger partial charge is 0.353 e. The zero-order valence-electron chi connectivity index (χ0n) is 52.1. The van der Waals surface area contributed by atoms with Crippen LogP contribution in [0, 0.1) is 35.5 Å². The van der Waals surface area contributed by atoms with Crippen molar-refractivity contribution < 1.29 is 47.9 Å². The lowest BCUT2D eigenvalue weighted by molar-refractivity contribution is -0.142. The molecule has 12 N–H and O–H groups in total. The van der Waals surface area contributed by atoms with E-state index < -0.39 is 119 Å². The van der Waals surface area contributed by atoms with E-state index in [1.54, 1.807) is 0 Å². The fraction of sp³-hybridized carbons (Fsp3) is 0.656. The number of nitrogens with one attached hydrogen (secondary N) is 8. The van der Waals surface area contributed by atoms with E-state index in [4.69, 9.17) is 11.5 Å². The molecule has 0 radical (unpaired) electrons. The van der Waals surface area contributed by atoms with E-state index in [1.807, 2.05) is 116 Å². The molecule has 3 saturated heterocycles.